The van der Waals surface area contributed by atoms with Gasteiger partial charge in [0.1, 0.15) is 5.83 Å². The van der Waals surface area contributed by atoms with Crippen LogP contribution in [0.3, 0.4) is 0 Å². The number of nitrogens with one attached hydrogen (secondary N) is 1. The molecule has 2 aliphatic heterocycles. The Morgan fingerprint density at radius 2 is 2.00 bits per heavy atom. The Morgan fingerprint density at radius 1 is 1.28 bits per heavy atom. The molecule has 1 N–H and O–H groups in total. The third kappa shape index (κ3) is 2.21. The maximum Gasteiger partial charge on any atom is 0.227 e. The largest absolute Gasteiger partial charge is 0.334 e. The second kappa shape index (κ2) is 4.84. The fourth-order valence-electron chi connectivity index (χ4n) is 3.27. The molecule has 0 radical (unpaired) electrons. The van der Waals surface area contributed by atoms with Gasteiger partial charge >= 0.3 is 0 Å². The summed E-state index contributed by atoms with van der Waals surface area (Å²) in [6, 6.07) is 0.764. The summed E-state index contributed by atoms with van der Waals surface area (Å²) in [6.07, 6.45) is 7.13. The van der Waals surface area contributed by atoms with E-state index in [-0.39, 0.29) is 11.7 Å². The minimum absolute atomic E-state index is 0.0755. The molecule has 1 amide bonds. The van der Waals surface area contributed by atoms with Crippen LogP contribution in [0.1, 0.15) is 32.1 Å². The molecule has 2 atom stereocenters. The van der Waals surface area contributed by atoms with Gasteiger partial charge < -0.3 is 10.2 Å². The van der Waals surface area contributed by atoms with Gasteiger partial charge in [-0.2, -0.15) is 0 Å². The lowest BCUT2D eigenvalue weighted by molar-refractivity contribution is -0.134. The molecule has 0 spiro atoms. The van der Waals surface area contributed by atoms with E-state index < -0.39 is 0 Å². The minimum Gasteiger partial charge on any atom is -0.334 e. The molecule has 0 saturated carbocycles. The number of carbonyl (C=O) groups is 1. The van der Waals surface area contributed by atoms with Crippen LogP contribution in [0.4, 0.5) is 4.39 Å². The van der Waals surface area contributed by atoms with Crippen molar-refractivity contribution in [2.45, 2.75) is 44.2 Å². The van der Waals surface area contributed by atoms with Crippen molar-refractivity contribution in [2.24, 2.45) is 0 Å². The van der Waals surface area contributed by atoms with E-state index in [0.29, 0.717) is 31.3 Å². The van der Waals surface area contributed by atoms with Gasteiger partial charge in [-0.15, -0.1) is 0 Å². The van der Waals surface area contributed by atoms with Crippen molar-refractivity contribution in [3.8, 4) is 0 Å². The lowest BCUT2D eigenvalue weighted by Crippen LogP contribution is -2.54. The van der Waals surface area contributed by atoms with Crippen molar-refractivity contribution < 1.29 is 9.18 Å². The van der Waals surface area contributed by atoms with Crippen LogP contribution in [0.15, 0.2) is 23.6 Å². The first kappa shape index (κ1) is 11.9. The smallest absolute Gasteiger partial charge is 0.227 e. The second-order valence-corrected chi connectivity index (χ2v) is 5.46. The summed E-state index contributed by atoms with van der Waals surface area (Å²) >= 11 is 0. The third-order valence-corrected chi connectivity index (χ3v) is 4.23. The van der Waals surface area contributed by atoms with Gasteiger partial charge in [-0.25, -0.2) is 4.39 Å². The Bertz CT molecular complexity index is 400. The highest BCUT2D eigenvalue weighted by atomic mass is 19.1. The summed E-state index contributed by atoms with van der Waals surface area (Å²) in [7, 11) is 0. The zero-order valence-corrected chi connectivity index (χ0v) is 10.5. The van der Waals surface area contributed by atoms with Crippen LogP contribution in [0.25, 0.3) is 0 Å². The molecule has 0 aromatic carbocycles. The highest BCUT2D eigenvalue weighted by molar-refractivity contribution is 5.80. The van der Waals surface area contributed by atoms with Crippen LogP contribution in [0.5, 0.6) is 0 Å². The number of hydrogen-bond donors (Lipinski definition) is 1. The third-order valence-electron chi connectivity index (χ3n) is 4.23. The number of allylic oxidation sites excluding steroid dienone is 3. The molecule has 18 heavy (non-hydrogen) atoms. The Kier molecular flexibility index (Phi) is 3.20. The quantitative estimate of drug-likeness (QED) is 0.812. The van der Waals surface area contributed by atoms with Crippen LogP contribution in [0, 0.1) is 0 Å². The lowest BCUT2D eigenvalue weighted by atomic mass is 10.00. The van der Waals surface area contributed by atoms with Gasteiger partial charge in [0.15, 0.2) is 0 Å². The summed E-state index contributed by atoms with van der Waals surface area (Å²) < 4.78 is 12.9. The van der Waals surface area contributed by atoms with E-state index in [0.717, 1.165) is 31.5 Å². The second-order valence-electron chi connectivity index (χ2n) is 5.46. The van der Waals surface area contributed by atoms with E-state index in [1.165, 1.54) is 6.08 Å². The van der Waals surface area contributed by atoms with Crippen molar-refractivity contribution in [1.82, 2.24) is 10.2 Å². The fourth-order valence-corrected chi connectivity index (χ4v) is 3.27. The molecule has 2 unspecified atom stereocenters. The lowest BCUT2D eigenvalue weighted by Gasteiger charge is -2.35. The van der Waals surface area contributed by atoms with E-state index in [9.17, 15) is 9.18 Å². The first-order valence-corrected chi connectivity index (χ1v) is 6.80. The van der Waals surface area contributed by atoms with Gasteiger partial charge in [0.2, 0.25) is 5.91 Å². The van der Waals surface area contributed by atoms with E-state index in [1.54, 1.807) is 6.08 Å². The Labute approximate surface area is 107 Å². The van der Waals surface area contributed by atoms with Crippen LogP contribution in [-0.4, -0.2) is 36.0 Å². The average molecular weight is 250 g/mol. The molecule has 1 aliphatic carbocycles. The number of carbonyl (C=O) groups excluding carboxylic acids is 1. The first-order chi connectivity index (χ1) is 8.74. The maximum atomic E-state index is 12.9. The van der Waals surface area contributed by atoms with Gasteiger partial charge in [-0.05, 0) is 25.3 Å². The molecule has 0 aromatic rings. The average Bonchev–Trinajstić information content (AvgIpc) is 2.62. The maximum absolute atomic E-state index is 12.9. The normalized spacial score (nSPS) is 31.1. The molecule has 98 valence electrons. The number of amides is 1. The first-order valence-electron chi connectivity index (χ1n) is 6.80. The highest BCUT2D eigenvalue weighted by Crippen LogP contribution is 2.29. The molecule has 3 nitrogen and oxygen atoms in total. The summed E-state index contributed by atoms with van der Waals surface area (Å²) in [4.78, 5) is 14.4. The zero-order valence-electron chi connectivity index (χ0n) is 10.5. The van der Waals surface area contributed by atoms with Gasteiger partial charge in [-0.1, -0.05) is 11.6 Å². The fraction of sp³-hybridized carbons (Fsp3) is 0.643. The molecule has 4 heteroatoms. The van der Waals surface area contributed by atoms with Gasteiger partial charge in [0.25, 0.3) is 0 Å². The monoisotopic (exact) mass is 250 g/mol. The Morgan fingerprint density at radius 3 is 2.61 bits per heavy atom. The zero-order chi connectivity index (χ0) is 12.5. The van der Waals surface area contributed by atoms with Gasteiger partial charge in [0, 0.05) is 38.0 Å². The number of fused-ring (bicyclic) bond motifs is 2. The van der Waals surface area contributed by atoms with Gasteiger partial charge in [-0.3, -0.25) is 4.79 Å². The predicted molar refractivity (Wildman–Crippen MR) is 67.7 cm³/mol. The number of halogens is 1. The highest BCUT2D eigenvalue weighted by Gasteiger charge is 2.39. The SMILES string of the molecule is O=C(CC1=CC=C(F)CC1)N1C2CCC1CNC2. The van der Waals surface area contributed by atoms with Crippen LogP contribution < -0.4 is 5.32 Å². The van der Waals surface area contributed by atoms with Crippen molar-refractivity contribution in [1.29, 1.82) is 0 Å². The molecule has 2 fully saturated rings. The molecule has 0 aromatic heterocycles. The van der Waals surface area contributed by atoms with E-state index in [4.69, 9.17) is 0 Å². The minimum atomic E-state index is -0.0755. The number of rotatable bonds is 2. The predicted octanol–water partition coefficient (Wildman–Crippen LogP) is 1.91. The Balaban J connectivity index is 1.65. The molecular weight excluding hydrogens is 231 g/mol. The van der Waals surface area contributed by atoms with Crippen LogP contribution in [-0.2, 0) is 4.79 Å². The molecule has 3 rings (SSSR count). The topological polar surface area (TPSA) is 32.3 Å². The van der Waals surface area contributed by atoms with Crippen molar-refractivity contribution in [3.63, 3.8) is 0 Å². The summed E-state index contributed by atoms with van der Waals surface area (Å²) in [5.74, 6) is 0.152. The van der Waals surface area contributed by atoms with E-state index in [1.807, 2.05) is 0 Å². The van der Waals surface area contributed by atoms with Crippen LogP contribution in [0.2, 0.25) is 0 Å². The standard InChI is InChI=1S/C14H19FN2O/c15-11-3-1-10(2-4-11)7-14(18)17-12-5-6-13(17)9-16-8-12/h1,3,12-13,16H,2,4-9H2. The number of piperazine rings is 1. The Hall–Kier alpha value is -1.16. The summed E-state index contributed by atoms with van der Waals surface area (Å²) in [6.45, 7) is 1.85. The van der Waals surface area contributed by atoms with Crippen molar-refractivity contribution in [2.75, 3.05) is 13.1 Å². The molecule has 3 aliphatic rings. The van der Waals surface area contributed by atoms with E-state index >= 15 is 0 Å². The summed E-state index contributed by atoms with van der Waals surface area (Å²) in [5.41, 5.74) is 1.07. The molecule has 2 bridgehead atoms. The molecule has 2 saturated heterocycles. The number of nitrogens with zero attached hydrogens (tertiary/aromatic N) is 1. The molecule has 2 heterocycles. The van der Waals surface area contributed by atoms with Gasteiger partial charge in [0.05, 0.1) is 0 Å². The summed E-state index contributed by atoms with van der Waals surface area (Å²) in [5, 5.41) is 3.37. The van der Waals surface area contributed by atoms with E-state index in [2.05, 4.69) is 10.2 Å². The number of hydrogen-bond acceptors (Lipinski definition) is 2. The molecular formula is C14H19FN2O. The van der Waals surface area contributed by atoms with Crippen molar-refractivity contribution in [3.05, 3.63) is 23.6 Å². The van der Waals surface area contributed by atoms with Crippen molar-refractivity contribution >= 4 is 5.91 Å². The van der Waals surface area contributed by atoms with Crippen LogP contribution >= 0.6 is 0 Å².